The number of carboxylic acids is 1. The molecule has 2 amide bonds. The van der Waals surface area contributed by atoms with Crippen molar-refractivity contribution < 1.29 is 19.8 Å². The van der Waals surface area contributed by atoms with Crippen LogP contribution < -0.4 is 10.6 Å². The van der Waals surface area contributed by atoms with Crippen molar-refractivity contribution in [3.63, 3.8) is 0 Å². The summed E-state index contributed by atoms with van der Waals surface area (Å²) in [5.74, 6) is -0.842. The molecule has 0 radical (unpaired) electrons. The zero-order chi connectivity index (χ0) is 15.1. The summed E-state index contributed by atoms with van der Waals surface area (Å²) < 4.78 is 0. The average molecular weight is 280 g/mol. The Hall–Kier alpha value is -2.08. The highest BCUT2D eigenvalue weighted by molar-refractivity contribution is 5.87. The first kappa shape index (κ1) is 16.0. The van der Waals surface area contributed by atoms with Gasteiger partial charge in [-0.1, -0.05) is 26.0 Å². The zero-order valence-corrected chi connectivity index (χ0v) is 11.6. The zero-order valence-electron chi connectivity index (χ0n) is 11.6. The highest BCUT2D eigenvalue weighted by atomic mass is 16.4. The minimum atomic E-state index is -0.982. The van der Waals surface area contributed by atoms with Crippen LogP contribution in [0.15, 0.2) is 24.3 Å². The average Bonchev–Trinajstić information content (AvgIpc) is 2.42. The van der Waals surface area contributed by atoms with Crippen LogP contribution in [0.2, 0.25) is 0 Å². The lowest BCUT2D eigenvalue weighted by molar-refractivity contribution is 0.0697. The van der Waals surface area contributed by atoms with Gasteiger partial charge in [0.2, 0.25) is 0 Å². The molecule has 20 heavy (non-hydrogen) atoms. The van der Waals surface area contributed by atoms with Crippen molar-refractivity contribution in [3.05, 3.63) is 35.4 Å². The molecule has 0 bridgehead atoms. The van der Waals surface area contributed by atoms with Gasteiger partial charge in [0, 0.05) is 6.54 Å². The molecule has 0 saturated heterocycles. The summed E-state index contributed by atoms with van der Waals surface area (Å²) in [5.41, 5.74) is 1.01. The highest BCUT2D eigenvalue weighted by Gasteiger charge is 2.14. The minimum Gasteiger partial charge on any atom is -0.478 e. The van der Waals surface area contributed by atoms with Crippen molar-refractivity contribution in [1.82, 2.24) is 10.6 Å². The van der Waals surface area contributed by atoms with E-state index < -0.39 is 5.97 Å². The minimum absolute atomic E-state index is 0.113. The van der Waals surface area contributed by atoms with Gasteiger partial charge in [-0.25, -0.2) is 9.59 Å². The molecule has 110 valence electrons. The number of aliphatic hydroxyl groups is 1. The second-order valence-corrected chi connectivity index (χ2v) is 4.86. The number of carbonyl (C=O) groups excluding carboxylic acids is 1. The number of nitrogens with one attached hydrogen (secondary N) is 2. The Bertz CT molecular complexity index is 457. The fourth-order valence-corrected chi connectivity index (χ4v) is 1.59. The summed E-state index contributed by atoms with van der Waals surface area (Å²) in [6, 6.07) is 5.62. The molecule has 1 aromatic rings. The molecule has 0 aliphatic carbocycles. The van der Waals surface area contributed by atoms with Gasteiger partial charge in [-0.2, -0.15) is 0 Å². The van der Waals surface area contributed by atoms with Crippen LogP contribution in [0.1, 0.15) is 29.8 Å². The van der Waals surface area contributed by atoms with E-state index in [-0.39, 0.29) is 30.2 Å². The molecule has 1 rings (SSSR count). The van der Waals surface area contributed by atoms with Crippen molar-refractivity contribution in [2.75, 3.05) is 6.61 Å². The van der Waals surface area contributed by atoms with E-state index in [4.69, 9.17) is 10.2 Å². The molecule has 0 aromatic heterocycles. The molecule has 0 aliphatic rings. The van der Waals surface area contributed by atoms with Crippen LogP contribution in [0.4, 0.5) is 4.79 Å². The maximum Gasteiger partial charge on any atom is 0.335 e. The lowest BCUT2D eigenvalue weighted by Crippen LogP contribution is -2.46. The molecule has 1 atom stereocenters. The van der Waals surface area contributed by atoms with Crippen molar-refractivity contribution in [2.24, 2.45) is 5.92 Å². The lowest BCUT2D eigenvalue weighted by Gasteiger charge is -2.20. The predicted octanol–water partition coefficient (Wildman–Crippen LogP) is 1.20. The van der Waals surface area contributed by atoms with Gasteiger partial charge in [-0.05, 0) is 23.6 Å². The summed E-state index contributed by atoms with van der Waals surface area (Å²) >= 11 is 0. The quantitative estimate of drug-likeness (QED) is 0.629. The summed E-state index contributed by atoms with van der Waals surface area (Å²) in [4.78, 5) is 22.3. The van der Waals surface area contributed by atoms with Crippen LogP contribution in [0.3, 0.4) is 0 Å². The first-order valence-electron chi connectivity index (χ1n) is 6.41. The predicted molar refractivity (Wildman–Crippen MR) is 74.5 cm³/mol. The van der Waals surface area contributed by atoms with Gasteiger partial charge in [-0.15, -0.1) is 0 Å². The molecule has 0 fully saturated rings. The summed E-state index contributed by atoms with van der Waals surface area (Å²) in [6.07, 6.45) is 0. The Morgan fingerprint density at radius 3 is 2.25 bits per heavy atom. The Morgan fingerprint density at radius 1 is 1.20 bits per heavy atom. The number of aromatic carboxylic acids is 1. The van der Waals surface area contributed by atoms with E-state index in [0.717, 1.165) is 5.56 Å². The van der Waals surface area contributed by atoms with Crippen LogP contribution >= 0.6 is 0 Å². The third kappa shape index (κ3) is 4.89. The Kier molecular flexibility index (Phi) is 5.99. The Morgan fingerprint density at radius 2 is 1.80 bits per heavy atom. The van der Waals surface area contributed by atoms with E-state index in [9.17, 15) is 9.59 Å². The van der Waals surface area contributed by atoms with Gasteiger partial charge in [0.25, 0.3) is 0 Å². The number of carboxylic acid groups (broad SMARTS) is 1. The highest BCUT2D eigenvalue weighted by Crippen LogP contribution is 2.04. The fourth-order valence-electron chi connectivity index (χ4n) is 1.59. The number of hydrogen-bond acceptors (Lipinski definition) is 3. The van der Waals surface area contributed by atoms with Crippen molar-refractivity contribution in [1.29, 1.82) is 0 Å². The number of carbonyl (C=O) groups is 2. The van der Waals surface area contributed by atoms with Gasteiger partial charge in [-0.3, -0.25) is 0 Å². The molecule has 0 saturated carbocycles. The molecule has 0 spiro atoms. The molecule has 0 heterocycles. The monoisotopic (exact) mass is 280 g/mol. The van der Waals surface area contributed by atoms with Gasteiger partial charge >= 0.3 is 12.0 Å². The lowest BCUT2D eigenvalue weighted by atomic mass is 10.1. The molecule has 0 unspecified atom stereocenters. The topological polar surface area (TPSA) is 98.7 Å². The van der Waals surface area contributed by atoms with E-state index in [1.807, 2.05) is 13.8 Å². The number of urea groups is 1. The van der Waals surface area contributed by atoms with Crippen molar-refractivity contribution >= 4 is 12.0 Å². The van der Waals surface area contributed by atoms with Crippen LogP contribution in [0, 0.1) is 5.92 Å². The molecular weight excluding hydrogens is 260 g/mol. The third-order valence-corrected chi connectivity index (χ3v) is 2.97. The molecule has 1 aromatic carbocycles. The molecule has 4 N–H and O–H groups in total. The van der Waals surface area contributed by atoms with E-state index >= 15 is 0 Å². The SMILES string of the molecule is CC(C)[C@@H](CO)NC(=O)NCc1ccc(C(=O)O)cc1. The molecule has 6 nitrogen and oxygen atoms in total. The largest absolute Gasteiger partial charge is 0.478 e. The number of aliphatic hydroxyl groups excluding tert-OH is 1. The first-order valence-corrected chi connectivity index (χ1v) is 6.41. The standard InChI is InChI=1S/C14H20N2O4/c1-9(2)12(8-17)16-14(20)15-7-10-3-5-11(6-4-10)13(18)19/h3-6,9,12,17H,7-8H2,1-2H3,(H,18,19)(H2,15,16,20)/t12-/m1/s1. The molecule has 6 heteroatoms. The smallest absolute Gasteiger partial charge is 0.335 e. The second kappa shape index (κ2) is 7.49. The van der Waals surface area contributed by atoms with Gasteiger partial charge in [0.1, 0.15) is 0 Å². The fraction of sp³-hybridized carbons (Fsp3) is 0.429. The van der Waals surface area contributed by atoms with Gasteiger partial charge in [0.05, 0.1) is 18.2 Å². The molecular formula is C14H20N2O4. The number of rotatable bonds is 6. The van der Waals surface area contributed by atoms with Gasteiger partial charge < -0.3 is 20.8 Å². The summed E-state index contributed by atoms with van der Waals surface area (Å²) in [6.45, 7) is 4.00. The Labute approximate surface area is 117 Å². The summed E-state index contributed by atoms with van der Waals surface area (Å²) in [7, 11) is 0. The Balaban J connectivity index is 2.46. The van der Waals surface area contributed by atoms with E-state index in [1.165, 1.54) is 12.1 Å². The second-order valence-electron chi connectivity index (χ2n) is 4.86. The first-order chi connectivity index (χ1) is 9.43. The summed E-state index contributed by atoms with van der Waals surface area (Å²) in [5, 5.41) is 23.2. The third-order valence-electron chi connectivity index (χ3n) is 2.97. The van der Waals surface area contributed by atoms with Crippen molar-refractivity contribution in [2.45, 2.75) is 26.4 Å². The van der Waals surface area contributed by atoms with E-state index in [1.54, 1.807) is 12.1 Å². The molecule has 0 aliphatic heterocycles. The van der Waals surface area contributed by atoms with Crippen molar-refractivity contribution in [3.8, 4) is 0 Å². The van der Waals surface area contributed by atoms with Crippen LogP contribution in [0.5, 0.6) is 0 Å². The van der Waals surface area contributed by atoms with E-state index in [2.05, 4.69) is 10.6 Å². The number of hydrogen-bond donors (Lipinski definition) is 4. The van der Waals surface area contributed by atoms with Crippen LogP contribution in [0.25, 0.3) is 0 Å². The number of benzene rings is 1. The normalized spacial score (nSPS) is 12.0. The van der Waals surface area contributed by atoms with Crippen LogP contribution in [-0.4, -0.2) is 34.9 Å². The van der Waals surface area contributed by atoms with E-state index in [0.29, 0.717) is 6.54 Å². The van der Waals surface area contributed by atoms with Gasteiger partial charge in [0.15, 0.2) is 0 Å². The maximum absolute atomic E-state index is 11.6. The van der Waals surface area contributed by atoms with Crippen LogP contribution in [-0.2, 0) is 6.54 Å². The number of amides is 2. The maximum atomic E-state index is 11.6.